The Morgan fingerprint density at radius 1 is 1.21 bits per heavy atom. The molecule has 0 spiro atoms. The maximum atomic E-state index is 13.5. The third-order valence-electron chi connectivity index (χ3n) is 7.47. The average Bonchev–Trinajstić information content (AvgIpc) is 3.46. The summed E-state index contributed by atoms with van der Waals surface area (Å²) >= 11 is 0. The lowest BCUT2D eigenvalue weighted by Crippen LogP contribution is -2.48. The molecular weight excluding hydrogens is 434 g/mol. The van der Waals surface area contributed by atoms with E-state index >= 15 is 0 Å². The summed E-state index contributed by atoms with van der Waals surface area (Å²) in [6, 6.07) is 8.28. The first-order valence-corrected chi connectivity index (χ1v) is 11.7. The van der Waals surface area contributed by atoms with E-state index in [0.29, 0.717) is 42.9 Å². The minimum Gasteiger partial charge on any atom is -0.495 e. The van der Waals surface area contributed by atoms with Crippen molar-refractivity contribution in [1.82, 2.24) is 24.6 Å². The number of ether oxygens (including phenoxy) is 2. The van der Waals surface area contributed by atoms with Gasteiger partial charge >= 0.3 is 6.09 Å². The minimum absolute atomic E-state index is 0.0313. The van der Waals surface area contributed by atoms with Gasteiger partial charge in [-0.25, -0.2) is 9.78 Å². The normalized spacial score (nSPS) is 22.1. The van der Waals surface area contributed by atoms with Gasteiger partial charge in [-0.15, -0.1) is 0 Å². The van der Waals surface area contributed by atoms with Crippen molar-refractivity contribution < 1.29 is 19.1 Å². The molecule has 2 saturated heterocycles. The average molecular weight is 462 g/mol. The van der Waals surface area contributed by atoms with E-state index in [4.69, 9.17) is 9.47 Å². The van der Waals surface area contributed by atoms with Gasteiger partial charge in [-0.2, -0.15) is 5.10 Å². The van der Waals surface area contributed by atoms with Gasteiger partial charge in [0, 0.05) is 38.8 Å². The number of pyridine rings is 1. The van der Waals surface area contributed by atoms with Gasteiger partial charge in [0.05, 0.1) is 24.2 Å². The molecular formula is C25H27N5O4. The Morgan fingerprint density at radius 2 is 1.97 bits per heavy atom. The van der Waals surface area contributed by atoms with E-state index < -0.39 is 0 Å². The smallest absolute Gasteiger partial charge is 0.411 e. The van der Waals surface area contributed by atoms with Crippen molar-refractivity contribution in [2.75, 3.05) is 20.2 Å². The van der Waals surface area contributed by atoms with Crippen molar-refractivity contribution in [2.45, 2.75) is 44.4 Å². The second-order valence-electron chi connectivity index (χ2n) is 9.31. The highest BCUT2D eigenvalue weighted by Crippen LogP contribution is 2.45. The number of hydrogen-bond acceptors (Lipinski definition) is 6. The molecule has 1 aromatic carbocycles. The number of benzene rings is 1. The van der Waals surface area contributed by atoms with Crippen LogP contribution in [0.1, 0.15) is 46.1 Å². The number of aromatic nitrogens is 3. The number of rotatable bonds is 3. The number of piperidine rings is 1. The molecule has 0 N–H and O–H groups in total. The SMILES string of the molecule is COc1c(C(=O)N2CCC(N3C(=O)O[C@H]4Cc5ccccc5[C@H]43)CC2)cnc2c1c(C)nn2C. The Balaban J connectivity index is 1.22. The number of hydrogen-bond donors (Lipinski definition) is 0. The first kappa shape index (κ1) is 20.9. The molecule has 2 amide bonds. The van der Waals surface area contributed by atoms with Crippen LogP contribution in [0.15, 0.2) is 30.5 Å². The minimum atomic E-state index is -0.238. The molecule has 9 heteroatoms. The van der Waals surface area contributed by atoms with Crippen LogP contribution in [0.5, 0.6) is 5.75 Å². The van der Waals surface area contributed by atoms with Gasteiger partial charge in [0.25, 0.3) is 5.91 Å². The maximum absolute atomic E-state index is 13.5. The molecule has 3 aromatic rings. The Labute approximate surface area is 197 Å². The van der Waals surface area contributed by atoms with Gasteiger partial charge in [-0.1, -0.05) is 24.3 Å². The van der Waals surface area contributed by atoms with Crippen LogP contribution in [-0.4, -0.2) is 68.9 Å². The lowest BCUT2D eigenvalue weighted by Gasteiger charge is -2.38. The molecule has 176 valence electrons. The Kier molecular flexibility index (Phi) is 4.75. The van der Waals surface area contributed by atoms with Crippen LogP contribution in [0.25, 0.3) is 11.0 Å². The summed E-state index contributed by atoms with van der Waals surface area (Å²) in [5.74, 6) is 0.400. The fourth-order valence-corrected chi connectivity index (χ4v) is 5.91. The highest BCUT2D eigenvalue weighted by atomic mass is 16.6. The summed E-state index contributed by atoms with van der Waals surface area (Å²) in [5, 5.41) is 5.18. The zero-order valence-electron chi connectivity index (χ0n) is 19.5. The second kappa shape index (κ2) is 7.72. The molecule has 2 aromatic heterocycles. The van der Waals surface area contributed by atoms with Crippen LogP contribution < -0.4 is 4.74 Å². The van der Waals surface area contributed by atoms with E-state index in [9.17, 15) is 9.59 Å². The standard InChI is InChI=1S/C25H27N5O4/c1-14-20-22(33-3)18(13-26-23(20)28(2)27-14)24(31)29-10-8-16(9-11-29)30-21-17-7-5-4-6-15(17)12-19(21)34-25(30)32/h4-7,13,16,19,21H,8-12H2,1-3H3/t19-,21+/m0/s1. The molecule has 0 unspecified atom stereocenters. The van der Waals surface area contributed by atoms with E-state index in [1.54, 1.807) is 18.0 Å². The summed E-state index contributed by atoms with van der Waals surface area (Å²) < 4.78 is 13.1. The number of likely N-dealkylation sites (tertiary alicyclic amines) is 1. The fraction of sp³-hybridized carbons (Fsp3) is 0.440. The van der Waals surface area contributed by atoms with Crippen molar-refractivity contribution in [3.63, 3.8) is 0 Å². The van der Waals surface area contributed by atoms with E-state index in [1.165, 1.54) is 11.1 Å². The molecule has 2 aliphatic heterocycles. The largest absolute Gasteiger partial charge is 0.495 e. The first-order valence-electron chi connectivity index (χ1n) is 11.7. The number of carbonyl (C=O) groups excluding carboxylic acids is 2. The van der Waals surface area contributed by atoms with Crippen LogP contribution in [0.2, 0.25) is 0 Å². The van der Waals surface area contributed by atoms with Gasteiger partial charge in [0.15, 0.2) is 5.65 Å². The van der Waals surface area contributed by atoms with E-state index in [1.807, 2.05) is 35.9 Å². The van der Waals surface area contributed by atoms with Crippen LogP contribution in [0.4, 0.5) is 4.79 Å². The van der Waals surface area contributed by atoms with E-state index in [0.717, 1.165) is 17.5 Å². The molecule has 0 radical (unpaired) electrons. The summed E-state index contributed by atoms with van der Waals surface area (Å²) in [4.78, 5) is 34.4. The fourth-order valence-electron chi connectivity index (χ4n) is 5.91. The summed E-state index contributed by atoms with van der Waals surface area (Å²) in [5.41, 5.74) is 4.34. The van der Waals surface area contributed by atoms with Crippen LogP contribution in [0, 0.1) is 6.92 Å². The lowest BCUT2D eigenvalue weighted by molar-refractivity contribution is 0.0633. The molecule has 0 saturated carbocycles. The van der Waals surface area contributed by atoms with Gasteiger partial charge in [-0.3, -0.25) is 14.4 Å². The number of carbonyl (C=O) groups is 2. The maximum Gasteiger partial charge on any atom is 0.411 e. The molecule has 34 heavy (non-hydrogen) atoms. The molecule has 3 aliphatic rings. The lowest BCUT2D eigenvalue weighted by atomic mass is 9.98. The molecule has 4 heterocycles. The third-order valence-corrected chi connectivity index (χ3v) is 7.47. The Bertz CT molecular complexity index is 1310. The molecule has 2 fully saturated rings. The number of amides is 2. The predicted octanol–water partition coefficient (Wildman–Crippen LogP) is 3.01. The number of nitrogens with zero attached hydrogens (tertiary/aromatic N) is 5. The number of fused-ring (bicyclic) bond motifs is 4. The van der Waals surface area contributed by atoms with Crippen LogP contribution in [-0.2, 0) is 18.2 Å². The highest BCUT2D eigenvalue weighted by molar-refractivity contribution is 6.02. The van der Waals surface area contributed by atoms with Crippen molar-refractivity contribution in [3.8, 4) is 5.75 Å². The molecule has 2 atom stereocenters. The predicted molar refractivity (Wildman–Crippen MR) is 124 cm³/mol. The Morgan fingerprint density at radius 3 is 2.74 bits per heavy atom. The molecule has 6 rings (SSSR count). The zero-order chi connectivity index (χ0) is 23.6. The quantitative estimate of drug-likeness (QED) is 0.596. The van der Waals surface area contributed by atoms with Crippen molar-refractivity contribution in [2.24, 2.45) is 7.05 Å². The van der Waals surface area contributed by atoms with Crippen molar-refractivity contribution in [1.29, 1.82) is 0 Å². The van der Waals surface area contributed by atoms with Gasteiger partial charge in [-0.05, 0) is 30.9 Å². The Hall–Kier alpha value is -3.62. The zero-order valence-corrected chi connectivity index (χ0v) is 19.5. The molecule has 0 bridgehead atoms. The van der Waals surface area contributed by atoms with Gasteiger partial charge in [0.2, 0.25) is 0 Å². The molecule has 1 aliphatic carbocycles. The van der Waals surface area contributed by atoms with E-state index in [-0.39, 0.29) is 30.2 Å². The highest BCUT2D eigenvalue weighted by Gasteiger charge is 2.50. The van der Waals surface area contributed by atoms with Gasteiger partial charge < -0.3 is 14.4 Å². The first-order chi connectivity index (χ1) is 16.5. The summed E-state index contributed by atoms with van der Waals surface area (Å²) in [7, 11) is 3.39. The number of aryl methyl sites for hydroxylation is 2. The van der Waals surface area contributed by atoms with Crippen LogP contribution in [0.3, 0.4) is 0 Å². The second-order valence-corrected chi connectivity index (χ2v) is 9.31. The third kappa shape index (κ3) is 2.99. The topological polar surface area (TPSA) is 89.8 Å². The summed E-state index contributed by atoms with van der Waals surface area (Å²) in [6.07, 6.45) is 3.40. The van der Waals surface area contributed by atoms with Crippen molar-refractivity contribution in [3.05, 3.63) is 52.8 Å². The summed E-state index contributed by atoms with van der Waals surface area (Å²) in [6.45, 7) is 2.99. The van der Waals surface area contributed by atoms with Crippen LogP contribution >= 0.6 is 0 Å². The molecule has 9 nitrogen and oxygen atoms in total. The van der Waals surface area contributed by atoms with E-state index in [2.05, 4.69) is 22.2 Å². The monoisotopic (exact) mass is 461 g/mol. The number of methoxy groups -OCH3 is 1. The van der Waals surface area contributed by atoms with Crippen molar-refractivity contribution >= 4 is 23.0 Å². The van der Waals surface area contributed by atoms with Gasteiger partial charge in [0.1, 0.15) is 17.4 Å².